The third-order valence-electron chi connectivity index (χ3n) is 3.76. The fourth-order valence-corrected chi connectivity index (χ4v) is 2.55. The molecule has 0 unspecified atom stereocenters. The van der Waals surface area contributed by atoms with Crippen molar-refractivity contribution in [2.24, 2.45) is 5.73 Å². The Morgan fingerprint density at radius 2 is 1.43 bits per heavy atom. The first kappa shape index (κ1) is 13.4. The molecule has 0 atom stereocenters. The molecule has 104 valence electrons. The number of benzene rings is 3. The molecule has 0 aliphatic rings. The highest BCUT2D eigenvalue weighted by Crippen LogP contribution is 2.19. The van der Waals surface area contributed by atoms with E-state index in [2.05, 4.69) is 42.5 Å². The van der Waals surface area contributed by atoms with E-state index in [0.29, 0.717) is 0 Å². The Labute approximate surface area is 124 Å². The number of fused-ring (bicyclic) bond motifs is 1. The molecule has 0 spiro atoms. The van der Waals surface area contributed by atoms with Crippen LogP contribution in [-0.4, -0.2) is 5.84 Å². The van der Waals surface area contributed by atoms with Gasteiger partial charge in [0.05, 0.1) is 0 Å². The molecule has 0 amide bonds. The lowest BCUT2D eigenvalue weighted by Gasteiger charge is -2.06. The maximum absolute atomic E-state index is 7.49. The van der Waals surface area contributed by atoms with E-state index in [1.807, 2.05) is 24.3 Å². The molecule has 21 heavy (non-hydrogen) atoms. The van der Waals surface area contributed by atoms with Crippen molar-refractivity contribution in [1.29, 1.82) is 5.41 Å². The van der Waals surface area contributed by atoms with Crippen molar-refractivity contribution >= 4 is 16.6 Å². The van der Waals surface area contributed by atoms with Crippen LogP contribution in [0.15, 0.2) is 66.7 Å². The minimum Gasteiger partial charge on any atom is -0.384 e. The van der Waals surface area contributed by atoms with Gasteiger partial charge in [0.25, 0.3) is 0 Å². The normalized spacial score (nSPS) is 10.7. The zero-order valence-electron chi connectivity index (χ0n) is 11.8. The topological polar surface area (TPSA) is 49.9 Å². The van der Waals surface area contributed by atoms with E-state index >= 15 is 0 Å². The Bertz CT molecular complexity index is 776. The highest BCUT2D eigenvalue weighted by molar-refractivity contribution is 5.99. The Morgan fingerprint density at radius 3 is 2.19 bits per heavy atom. The quantitative estimate of drug-likeness (QED) is 0.550. The van der Waals surface area contributed by atoms with Gasteiger partial charge in [-0.3, -0.25) is 5.41 Å². The van der Waals surface area contributed by atoms with Gasteiger partial charge in [0, 0.05) is 5.56 Å². The van der Waals surface area contributed by atoms with Crippen molar-refractivity contribution in [3.63, 3.8) is 0 Å². The van der Waals surface area contributed by atoms with Gasteiger partial charge in [-0.05, 0) is 40.8 Å². The maximum atomic E-state index is 7.49. The Kier molecular flexibility index (Phi) is 3.69. The highest BCUT2D eigenvalue weighted by Gasteiger charge is 2.01. The summed E-state index contributed by atoms with van der Waals surface area (Å²) in [5.41, 5.74) is 9.01. The van der Waals surface area contributed by atoms with Crippen LogP contribution in [0.5, 0.6) is 0 Å². The molecule has 0 bridgehead atoms. The maximum Gasteiger partial charge on any atom is 0.122 e. The van der Waals surface area contributed by atoms with Gasteiger partial charge in [-0.15, -0.1) is 0 Å². The SMILES string of the molecule is N=C(N)c1ccc2cc(CCc3ccccc3)ccc2c1. The van der Waals surface area contributed by atoms with E-state index in [9.17, 15) is 0 Å². The summed E-state index contributed by atoms with van der Waals surface area (Å²) in [7, 11) is 0. The predicted molar refractivity (Wildman–Crippen MR) is 88.8 cm³/mol. The summed E-state index contributed by atoms with van der Waals surface area (Å²) in [5, 5.41) is 9.82. The van der Waals surface area contributed by atoms with Crippen LogP contribution in [-0.2, 0) is 12.8 Å². The lowest BCUT2D eigenvalue weighted by Crippen LogP contribution is -2.10. The van der Waals surface area contributed by atoms with Gasteiger partial charge < -0.3 is 5.73 Å². The minimum absolute atomic E-state index is 0.116. The summed E-state index contributed by atoms with van der Waals surface area (Å²) in [6, 6.07) is 23.0. The number of rotatable bonds is 4. The fourth-order valence-electron chi connectivity index (χ4n) is 2.55. The number of hydrogen-bond donors (Lipinski definition) is 2. The summed E-state index contributed by atoms with van der Waals surface area (Å²) in [6.45, 7) is 0. The molecule has 2 nitrogen and oxygen atoms in total. The molecule has 3 aromatic rings. The fraction of sp³-hybridized carbons (Fsp3) is 0.105. The number of nitrogen functional groups attached to an aromatic ring is 1. The number of amidine groups is 1. The Balaban J connectivity index is 1.81. The molecule has 3 N–H and O–H groups in total. The second-order valence-electron chi connectivity index (χ2n) is 5.30. The first-order valence-corrected chi connectivity index (χ1v) is 7.13. The third kappa shape index (κ3) is 3.11. The first-order chi connectivity index (χ1) is 10.2. The van der Waals surface area contributed by atoms with Gasteiger partial charge in [0.15, 0.2) is 0 Å². The molecule has 0 fully saturated rings. The van der Waals surface area contributed by atoms with E-state index in [1.54, 1.807) is 0 Å². The second-order valence-corrected chi connectivity index (χ2v) is 5.30. The Morgan fingerprint density at radius 1 is 0.762 bits per heavy atom. The number of hydrogen-bond acceptors (Lipinski definition) is 1. The largest absolute Gasteiger partial charge is 0.384 e. The van der Waals surface area contributed by atoms with E-state index in [1.165, 1.54) is 16.5 Å². The van der Waals surface area contributed by atoms with Crippen LogP contribution >= 0.6 is 0 Å². The van der Waals surface area contributed by atoms with Crippen LogP contribution in [0.2, 0.25) is 0 Å². The van der Waals surface area contributed by atoms with Gasteiger partial charge in [0.2, 0.25) is 0 Å². The zero-order chi connectivity index (χ0) is 14.7. The van der Waals surface area contributed by atoms with Crippen LogP contribution in [0, 0.1) is 5.41 Å². The van der Waals surface area contributed by atoms with Gasteiger partial charge in [-0.2, -0.15) is 0 Å². The molecular weight excluding hydrogens is 256 g/mol. The summed E-state index contributed by atoms with van der Waals surface area (Å²) in [4.78, 5) is 0. The highest BCUT2D eigenvalue weighted by atomic mass is 14.7. The van der Waals surface area contributed by atoms with Crippen molar-refractivity contribution in [2.45, 2.75) is 12.8 Å². The molecule has 0 heterocycles. The lowest BCUT2D eigenvalue weighted by molar-refractivity contribution is 0.962. The molecule has 0 saturated heterocycles. The average molecular weight is 274 g/mol. The van der Waals surface area contributed by atoms with E-state index < -0.39 is 0 Å². The number of nitrogens with two attached hydrogens (primary N) is 1. The van der Waals surface area contributed by atoms with Crippen molar-refractivity contribution in [3.05, 3.63) is 83.4 Å². The van der Waals surface area contributed by atoms with Crippen LogP contribution < -0.4 is 5.73 Å². The number of nitrogens with one attached hydrogen (secondary N) is 1. The summed E-state index contributed by atoms with van der Waals surface area (Å²) in [5.74, 6) is 0.116. The van der Waals surface area contributed by atoms with Crippen molar-refractivity contribution in [1.82, 2.24) is 0 Å². The van der Waals surface area contributed by atoms with Crippen LogP contribution in [0.3, 0.4) is 0 Å². The molecule has 3 aromatic carbocycles. The minimum atomic E-state index is 0.116. The average Bonchev–Trinajstić information content (AvgIpc) is 2.53. The molecule has 0 radical (unpaired) electrons. The van der Waals surface area contributed by atoms with Gasteiger partial charge in [0.1, 0.15) is 5.84 Å². The molecule has 0 saturated carbocycles. The third-order valence-corrected chi connectivity index (χ3v) is 3.76. The van der Waals surface area contributed by atoms with Crippen molar-refractivity contribution in [3.8, 4) is 0 Å². The van der Waals surface area contributed by atoms with E-state index in [0.717, 1.165) is 23.8 Å². The predicted octanol–water partition coefficient (Wildman–Crippen LogP) is 3.91. The molecule has 0 aliphatic heterocycles. The van der Waals surface area contributed by atoms with Crippen molar-refractivity contribution in [2.75, 3.05) is 0 Å². The summed E-state index contributed by atoms with van der Waals surface area (Å²) < 4.78 is 0. The van der Waals surface area contributed by atoms with E-state index in [4.69, 9.17) is 11.1 Å². The van der Waals surface area contributed by atoms with Crippen molar-refractivity contribution < 1.29 is 0 Å². The molecule has 0 aromatic heterocycles. The summed E-state index contributed by atoms with van der Waals surface area (Å²) >= 11 is 0. The van der Waals surface area contributed by atoms with Gasteiger partial charge in [-0.25, -0.2) is 0 Å². The molecule has 0 aliphatic carbocycles. The monoisotopic (exact) mass is 274 g/mol. The lowest BCUT2D eigenvalue weighted by atomic mass is 10.00. The van der Waals surface area contributed by atoms with Crippen LogP contribution in [0.1, 0.15) is 16.7 Å². The zero-order valence-corrected chi connectivity index (χ0v) is 11.8. The first-order valence-electron chi connectivity index (χ1n) is 7.13. The summed E-state index contributed by atoms with van der Waals surface area (Å²) in [6.07, 6.45) is 2.09. The Hall–Kier alpha value is -2.61. The van der Waals surface area contributed by atoms with Gasteiger partial charge in [-0.1, -0.05) is 60.7 Å². The van der Waals surface area contributed by atoms with Crippen LogP contribution in [0.4, 0.5) is 0 Å². The molecule has 2 heteroatoms. The standard InChI is InChI=1S/C19H18N2/c20-19(21)18-11-10-16-12-15(8-9-17(16)13-18)7-6-14-4-2-1-3-5-14/h1-5,8-13H,6-7H2,(H3,20,21). The second kappa shape index (κ2) is 5.80. The van der Waals surface area contributed by atoms with E-state index in [-0.39, 0.29) is 5.84 Å². The number of aryl methyl sites for hydroxylation is 2. The molecule has 3 rings (SSSR count). The smallest absolute Gasteiger partial charge is 0.122 e. The van der Waals surface area contributed by atoms with Crippen LogP contribution in [0.25, 0.3) is 10.8 Å². The van der Waals surface area contributed by atoms with Gasteiger partial charge >= 0.3 is 0 Å². The molecular formula is C19H18N2.